The number of piperidine rings is 1. The number of urea groups is 1. The van der Waals surface area contributed by atoms with E-state index in [4.69, 9.17) is 11.6 Å². The summed E-state index contributed by atoms with van der Waals surface area (Å²) in [5.74, 6) is -3.07. The number of likely N-dealkylation sites (tertiary alicyclic amines) is 3. The summed E-state index contributed by atoms with van der Waals surface area (Å²) in [5.41, 5.74) is 1.27. The van der Waals surface area contributed by atoms with Gasteiger partial charge in [-0.05, 0) is 69.7 Å². The van der Waals surface area contributed by atoms with Gasteiger partial charge in [0.2, 0.25) is 29.5 Å². The van der Waals surface area contributed by atoms with E-state index in [1.807, 2.05) is 19.1 Å². The van der Waals surface area contributed by atoms with Gasteiger partial charge >= 0.3 is 6.03 Å². The molecule has 1 aliphatic carbocycles. The summed E-state index contributed by atoms with van der Waals surface area (Å²) in [6.45, 7) is 2.95. The lowest BCUT2D eigenvalue weighted by Crippen LogP contribution is -2.61. The molecule has 7 atom stereocenters. The highest BCUT2D eigenvalue weighted by molar-refractivity contribution is 6.30. The van der Waals surface area contributed by atoms with Crippen LogP contribution in [-0.2, 0) is 35.2 Å². The fraction of sp³-hybridized carbons (Fsp3) is 0.525. The molecule has 0 aromatic heterocycles. The van der Waals surface area contributed by atoms with Crippen molar-refractivity contribution in [3.05, 3.63) is 64.7 Å². The fourth-order valence-corrected chi connectivity index (χ4v) is 8.47. The Hall–Kier alpha value is -5.06. The fourth-order valence-electron chi connectivity index (χ4n) is 8.28. The molecule has 4 aliphatic rings. The number of benzene rings is 2. The smallest absolute Gasteiger partial charge is 0.319 e. The van der Waals surface area contributed by atoms with E-state index >= 15 is 0 Å². The van der Waals surface area contributed by atoms with Gasteiger partial charge in [0.25, 0.3) is 0 Å². The quantitative estimate of drug-likeness (QED) is 0.180. The van der Waals surface area contributed by atoms with Crippen molar-refractivity contribution < 1.29 is 43.8 Å². The van der Waals surface area contributed by atoms with Crippen molar-refractivity contribution in [1.29, 1.82) is 0 Å². The monoisotopic (exact) mass is 807 g/mol. The number of hydrogen-bond acceptors (Lipinski definition) is 9. The Balaban J connectivity index is 1.13. The second-order valence-corrected chi connectivity index (χ2v) is 15.9. The molecule has 17 heteroatoms. The number of Topliss-reactive ketones (excluding diaryl/α,β-unsaturated/α-hetero) is 1. The molecular formula is C40H50ClN7O9. The van der Waals surface area contributed by atoms with Crippen molar-refractivity contribution in [3.8, 4) is 0 Å². The summed E-state index contributed by atoms with van der Waals surface area (Å²) in [6, 6.07) is 7.17. The van der Waals surface area contributed by atoms with Crippen LogP contribution >= 0.6 is 11.6 Å². The molecule has 6 N–H and O–H groups in total. The molecule has 57 heavy (non-hydrogen) atoms. The first-order valence-corrected chi connectivity index (χ1v) is 19.8. The van der Waals surface area contributed by atoms with Crippen molar-refractivity contribution in [2.24, 2.45) is 0 Å². The van der Waals surface area contributed by atoms with E-state index in [1.54, 1.807) is 42.2 Å². The van der Waals surface area contributed by atoms with Crippen LogP contribution in [0.3, 0.4) is 0 Å². The molecule has 7 amide bonds. The van der Waals surface area contributed by atoms with Gasteiger partial charge in [-0.1, -0.05) is 47.5 Å². The van der Waals surface area contributed by atoms with Crippen LogP contribution in [0.25, 0.3) is 0 Å². The summed E-state index contributed by atoms with van der Waals surface area (Å²) < 4.78 is 0. The van der Waals surface area contributed by atoms with Gasteiger partial charge in [-0.15, -0.1) is 0 Å². The number of aliphatic hydroxyl groups excluding tert-OH is 2. The van der Waals surface area contributed by atoms with E-state index in [2.05, 4.69) is 21.3 Å². The topological polar surface area (TPSA) is 218 Å². The Kier molecular flexibility index (Phi) is 12.8. The Morgan fingerprint density at radius 1 is 0.912 bits per heavy atom. The van der Waals surface area contributed by atoms with Crippen LogP contribution < -0.4 is 21.3 Å². The second kappa shape index (κ2) is 17.6. The van der Waals surface area contributed by atoms with E-state index in [-0.39, 0.29) is 37.6 Å². The zero-order chi connectivity index (χ0) is 41.0. The number of ketones is 1. The molecule has 0 bridgehead atoms. The largest absolute Gasteiger partial charge is 0.394 e. The van der Waals surface area contributed by atoms with Crippen molar-refractivity contribution in [2.45, 2.75) is 107 Å². The summed E-state index contributed by atoms with van der Waals surface area (Å²) >= 11 is 6.06. The van der Waals surface area contributed by atoms with Crippen LogP contribution in [0.4, 0.5) is 10.5 Å². The van der Waals surface area contributed by atoms with Crippen molar-refractivity contribution >= 4 is 58.6 Å². The minimum absolute atomic E-state index is 0.0212. The molecule has 2 aromatic carbocycles. The van der Waals surface area contributed by atoms with Gasteiger partial charge in [-0.2, -0.15) is 0 Å². The van der Waals surface area contributed by atoms with Crippen LogP contribution in [0.5, 0.6) is 0 Å². The van der Waals surface area contributed by atoms with Crippen LogP contribution in [0.2, 0.25) is 5.02 Å². The molecule has 2 aromatic rings. The molecule has 3 saturated heterocycles. The standard InChI is InChI=1S/C40H50ClN7O9/c1-23-8-5-9-25(16-23)17-29(45-39(57)43-27-11-6-10-26(41)18-27)34(52)44-30(22-49)37(55)47-21-28(50)19-32(47)38(56)46-14-4-3-12-31(46)35(53)42-24(2)36(54)48-15-7-13-40(48)20-33(40)51/h5-6,8-11,16,18,24,28-32,49-50H,3-4,7,12-15,17,19-22H2,1-2H3,(H,42,53)(H,44,52)(H2,43,45,57)/t24-,28+,29-,30-,31-,32-,40-/m0/s1. The van der Waals surface area contributed by atoms with Crippen molar-refractivity contribution in [2.75, 3.05) is 31.6 Å². The molecule has 1 saturated carbocycles. The lowest BCUT2D eigenvalue weighted by molar-refractivity contribution is -0.151. The maximum absolute atomic E-state index is 14.2. The highest BCUT2D eigenvalue weighted by Crippen LogP contribution is 2.46. The minimum atomic E-state index is -1.55. The number of halogens is 1. The number of aliphatic hydroxyl groups is 2. The maximum atomic E-state index is 14.2. The van der Waals surface area contributed by atoms with Crippen LogP contribution in [0.15, 0.2) is 48.5 Å². The van der Waals surface area contributed by atoms with Crippen LogP contribution in [0.1, 0.15) is 63.0 Å². The SMILES string of the molecule is Cc1cccc(C[C@H](NC(=O)Nc2cccc(Cl)c2)C(=O)N[C@@H](CO)C(=O)N2C[C@H](O)C[C@H]2C(=O)N2CCCC[C@H]2C(=O)N[C@@H](C)C(=O)N2CCC[C@@]23CC3=O)c1. The number of carbonyl (C=O) groups excluding carboxylic acids is 7. The first-order valence-electron chi connectivity index (χ1n) is 19.4. The molecule has 4 fully saturated rings. The van der Waals surface area contributed by atoms with Gasteiger partial charge in [0.15, 0.2) is 5.78 Å². The third kappa shape index (κ3) is 9.40. The normalized spacial score (nSPS) is 24.4. The molecule has 6 rings (SSSR count). The number of amides is 7. The second-order valence-electron chi connectivity index (χ2n) is 15.5. The number of anilines is 1. The zero-order valence-corrected chi connectivity index (χ0v) is 32.8. The number of carbonyl (C=O) groups is 7. The lowest BCUT2D eigenvalue weighted by atomic mass is 9.99. The Labute approximate surface area is 335 Å². The first-order chi connectivity index (χ1) is 27.2. The molecular weight excluding hydrogens is 758 g/mol. The van der Waals surface area contributed by atoms with Crippen molar-refractivity contribution in [3.63, 3.8) is 0 Å². The van der Waals surface area contributed by atoms with E-state index in [9.17, 15) is 43.8 Å². The van der Waals surface area contributed by atoms with E-state index in [1.165, 1.54) is 11.0 Å². The maximum Gasteiger partial charge on any atom is 0.319 e. The molecule has 16 nitrogen and oxygen atoms in total. The highest BCUT2D eigenvalue weighted by atomic mass is 35.5. The van der Waals surface area contributed by atoms with Gasteiger partial charge in [0, 0.05) is 49.6 Å². The highest BCUT2D eigenvalue weighted by Gasteiger charge is 2.62. The number of nitrogens with zero attached hydrogens (tertiary/aromatic N) is 3. The van der Waals surface area contributed by atoms with Gasteiger partial charge in [0.05, 0.1) is 12.7 Å². The van der Waals surface area contributed by atoms with Gasteiger partial charge in [-0.3, -0.25) is 28.8 Å². The summed E-state index contributed by atoms with van der Waals surface area (Å²) in [6.07, 6.45) is 1.96. The van der Waals surface area contributed by atoms with Crippen LogP contribution in [0, 0.1) is 6.92 Å². The van der Waals surface area contributed by atoms with E-state index in [0.717, 1.165) is 16.0 Å². The molecule has 0 unspecified atom stereocenters. The number of aryl methyl sites for hydroxylation is 1. The summed E-state index contributed by atoms with van der Waals surface area (Å²) in [5, 5.41) is 32.1. The Morgan fingerprint density at radius 2 is 1.67 bits per heavy atom. The third-order valence-corrected chi connectivity index (χ3v) is 11.5. The predicted molar refractivity (Wildman–Crippen MR) is 208 cm³/mol. The van der Waals surface area contributed by atoms with Gasteiger partial charge in [0.1, 0.15) is 35.7 Å². The predicted octanol–water partition coefficient (Wildman–Crippen LogP) is 1.04. The molecule has 3 heterocycles. The molecule has 1 spiro atoms. The molecule has 3 aliphatic heterocycles. The summed E-state index contributed by atoms with van der Waals surface area (Å²) in [4.78, 5) is 98.3. The zero-order valence-electron chi connectivity index (χ0n) is 32.0. The molecule has 306 valence electrons. The number of hydrogen-bond donors (Lipinski definition) is 6. The first kappa shape index (κ1) is 41.6. The van der Waals surface area contributed by atoms with Gasteiger partial charge in [-0.25, -0.2) is 4.79 Å². The number of β-amino-alcohol motifs (C(OH)–C–C–N with tert-alkyl or cyclic N) is 1. The Morgan fingerprint density at radius 3 is 2.37 bits per heavy atom. The average Bonchev–Trinajstić information content (AvgIpc) is 3.44. The average molecular weight is 808 g/mol. The minimum Gasteiger partial charge on any atom is -0.394 e. The van der Waals surface area contributed by atoms with Gasteiger partial charge < -0.3 is 46.2 Å². The number of rotatable bonds is 12. The van der Waals surface area contributed by atoms with Crippen molar-refractivity contribution in [1.82, 2.24) is 30.7 Å². The van der Waals surface area contributed by atoms with Crippen LogP contribution in [-0.4, -0.2) is 134 Å². The number of nitrogens with one attached hydrogen (secondary N) is 4. The molecule has 0 radical (unpaired) electrons. The summed E-state index contributed by atoms with van der Waals surface area (Å²) in [7, 11) is 0. The Bertz CT molecular complexity index is 1910. The third-order valence-electron chi connectivity index (χ3n) is 11.3. The lowest BCUT2D eigenvalue weighted by Gasteiger charge is -2.39. The van der Waals surface area contributed by atoms with E-state index in [0.29, 0.717) is 55.8 Å². The van der Waals surface area contributed by atoms with E-state index < -0.39 is 78.1 Å².